The van der Waals surface area contributed by atoms with Gasteiger partial charge in [0.25, 0.3) is 0 Å². The Morgan fingerprint density at radius 3 is 2.31 bits per heavy atom. The smallest absolute Gasteiger partial charge is 0.416 e. The Morgan fingerprint density at radius 2 is 1.52 bits per heavy atom. The fourth-order valence-electron chi connectivity index (χ4n) is 2.80. The van der Waals surface area contributed by atoms with Crippen LogP contribution in [0.1, 0.15) is 22.3 Å². The molecule has 1 N–H and O–H groups in total. The molecule has 0 aromatic heterocycles. The third-order valence-electron chi connectivity index (χ3n) is 4.26. The zero-order valence-electron chi connectivity index (χ0n) is 15.8. The first-order valence-corrected chi connectivity index (χ1v) is 9.33. The van der Waals surface area contributed by atoms with Crippen molar-refractivity contribution in [2.45, 2.75) is 12.7 Å². The molecule has 0 heterocycles. The van der Waals surface area contributed by atoms with Crippen molar-refractivity contribution in [3.8, 4) is 5.75 Å². The zero-order valence-corrected chi connectivity index (χ0v) is 15.8. The SMILES string of the molecule is FC(F)(F)c1cccc(CNCCOc2cccc(C=Cc3ccccc3)c2)c1. The van der Waals surface area contributed by atoms with Crippen LogP contribution in [-0.2, 0) is 12.7 Å². The Bertz CT molecular complexity index is 936. The molecule has 150 valence electrons. The monoisotopic (exact) mass is 397 g/mol. The van der Waals surface area contributed by atoms with E-state index < -0.39 is 11.7 Å². The van der Waals surface area contributed by atoms with Gasteiger partial charge in [0.05, 0.1) is 5.56 Å². The molecule has 3 aromatic carbocycles. The molecule has 3 aromatic rings. The van der Waals surface area contributed by atoms with Gasteiger partial charge in [-0.3, -0.25) is 0 Å². The fourth-order valence-corrected chi connectivity index (χ4v) is 2.80. The number of hydrogen-bond acceptors (Lipinski definition) is 2. The maximum absolute atomic E-state index is 12.7. The Labute approximate surface area is 168 Å². The second-order valence-corrected chi connectivity index (χ2v) is 6.54. The molecule has 0 spiro atoms. The Kier molecular flexibility index (Phi) is 7.09. The van der Waals surface area contributed by atoms with Gasteiger partial charge >= 0.3 is 6.18 Å². The lowest BCUT2D eigenvalue weighted by molar-refractivity contribution is -0.137. The number of alkyl halides is 3. The molecular formula is C24H22F3NO. The Morgan fingerprint density at radius 1 is 0.793 bits per heavy atom. The first kappa shape index (κ1) is 20.7. The minimum Gasteiger partial charge on any atom is -0.492 e. The lowest BCUT2D eigenvalue weighted by Gasteiger charge is -2.10. The van der Waals surface area contributed by atoms with Crippen LogP contribution in [0, 0.1) is 0 Å². The molecule has 0 radical (unpaired) electrons. The Balaban J connectivity index is 1.45. The molecule has 0 aliphatic heterocycles. The van der Waals surface area contributed by atoms with E-state index in [2.05, 4.69) is 5.32 Å². The average Bonchev–Trinajstić information content (AvgIpc) is 2.73. The van der Waals surface area contributed by atoms with E-state index in [9.17, 15) is 13.2 Å². The van der Waals surface area contributed by atoms with Crippen molar-refractivity contribution < 1.29 is 17.9 Å². The van der Waals surface area contributed by atoms with Crippen LogP contribution in [0.15, 0.2) is 78.9 Å². The van der Waals surface area contributed by atoms with Gasteiger partial charge in [0.2, 0.25) is 0 Å². The summed E-state index contributed by atoms with van der Waals surface area (Å²) in [6, 6.07) is 23.1. The van der Waals surface area contributed by atoms with Crippen LogP contribution in [0.25, 0.3) is 12.2 Å². The van der Waals surface area contributed by atoms with E-state index in [0.29, 0.717) is 25.3 Å². The normalized spacial score (nSPS) is 11.7. The van der Waals surface area contributed by atoms with Crippen LogP contribution in [0.5, 0.6) is 5.75 Å². The van der Waals surface area contributed by atoms with Gasteiger partial charge in [0, 0.05) is 13.1 Å². The summed E-state index contributed by atoms with van der Waals surface area (Å²) in [5.41, 5.74) is 2.11. The zero-order chi connectivity index (χ0) is 20.5. The van der Waals surface area contributed by atoms with Gasteiger partial charge in [-0.05, 0) is 34.9 Å². The Hall–Kier alpha value is -3.05. The summed E-state index contributed by atoms with van der Waals surface area (Å²) >= 11 is 0. The third kappa shape index (κ3) is 6.80. The van der Waals surface area contributed by atoms with Crippen LogP contribution in [0.4, 0.5) is 13.2 Å². The van der Waals surface area contributed by atoms with Gasteiger partial charge < -0.3 is 10.1 Å². The number of ether oxygens (including phenoxy) is 1. The summed E-state index contributed by atoms with van der Waals surface area (Å²) < 4.78 is 44.0. The van der Waals surface area contributed by atoms with Crippen molar-refractivity contribution in [2.75, 3.05) is 13.2 Å². The van der Waals surface area contributed by atoms with E-state index in [1.54, 1.807) is 6.07 Å². The molecule has 0 amide bonds. The van der Waals surface area contributed by atoms with Crippen LogP contribution in [0.2, 0.25) is 0 Å². The third-order valence-corrected chi connectivity index (χ3v) is 4.26. The van der Waals surface area contributed by atoms with Crippen molar-refractivity contribution in [3.05, 3.63) is 101 Å². The van der Waals surface area contributed by atoms with Gasteiger partial charge in [0.1, 0.15) is 12.4 Å². The standard InChI is InChI=1S/C24H22F3NO/c25-24(26,27)22-10-4-9-21(16-22)18-28-14-15-29-23-11-5-8-20(17-23)13-12-19-6-2-1-3-7-19/h1-13,16-17,28H,14-15,18H2. The highest BCUT2D eigenvalue weighted by Gasteiger charge is 2.30. The molecular weight excluding hydrogens is 375 g/mol. The molecule has 0 saturated carbocycles. The molecule has 5 heteroatoms. The second kappa shape index (κ2) is 9.94. The van der Waals surface area contributed by atoms with Crippen LogP contribution in [0.3, 0.4) is 0 Å². The van der Waals surface area contributed by atoms with Crippen molar-refractivity contribution >= 4 is 12.2 Å². The highest BCUT2D eigenvalue weighted by molar-refractivity contribution is 5.70. The van der Waals surface area contributed by atoms with Crippen molar-refractivity contribution in [2.24, 2.45) is 0 Å². The molecule has 0 fully saturated rings. The molecule has 29 heavy (non-hydrogen) atoms. The largest absolute Gasteiger partial charge is 0.492 e. The average molecular weight is 397 g/mol. The highest BCUT2D eigenvalue weighted by Crippen LogP contribution is 2.29. The van der Waals surface area contributed by atoms with Gasteiger partial charge in [-0.2, -0.15) is 13.2 Å². The number of nitrogens with one attached hydrogen (secondary N) is 1. The van der Waals surface area contributed by atoms with E-state index in [0.717, 1.165) is 29.0 Å². The van der Waals surface area contributed by atoms with Crippen LogP contribution < -0.4 is 10.1 Å². The number of halogens is 3. The summed E-state index contributed by atoms with van der Waals surface area (Å²) in [5, 5.41) is 3.11. The molecule has 3 rings (SSSR count). The van der Waals surface area contributed by atoms with Gasteiger partial charge in [-0.25, -0.2) is 0 Å². The van der Waals surface area contributed by atoms with Crippen LogP contribution >= 0.6 is 0 Å². The summed E-state index contributed by atoms with van der Waals surface area (Å²) in [4.78, 5) is 0. The molecule has 2 nitrogen and oxygen atoms in total. The van der Waals surface area contributed by atoms with E-state index in [4.69, 9.17) is 4.74 Å². The predicted octanol–water partition coefficient (Wildman–Crippen LogP) is 6.04. The topological polar surface area (TPSA) is 21.3 Å². The fraction of sp³-hybridized carbons (Fsp3) is 0.167. The molecule has 0 atom stereocenters. The molecule has 0 bridgehead atoms. The number of hydrogen-bond donors (Lipinski definition) is 1. The first-order chi connectivity index (χ1) is 14.0. The van der Waals surface area contributed by atoms with E-state index in [-0.39, 0.29) is 0 Å². The maximum Gasteiger partial charge on any atom is 0.416 e. The van der Waals surface area contributed by atoms with Crippen LogP contribution in [-0.4, -0.2) is 13.2 Å². The van der Waals surface area contributed by atoms with E-state index in [1.807, 2.05) is 66.7 Å². The number of rotatable bonds is 8. The second-order valence-electron chi connectivity index (χ2n) is 6.54. The van der Waals surface area contributed by atoms with Crippen molar-refractivity contribution in [3.63, 3.8) is 0 Å². The van der Waals surface area contributed by atoms with E-state index in [1.165, 1.54) is 6.07 Å². The summed E-state index contributed by atoms with van der Waals surface area (Å²) in [6.45, 7) is 1.30. The lowest BCUT2D eigenvalue weighted by Crippen LogP contribution is -2.20. The molecule has 0 saturated heterocycles. The lowest BCUT2D eigenvalue weighted by atomic mass is 10.1. The first-order valence-electron chi connectivity index (χ1n) is 9.33. The summed E-state index contributed by atoms with van der Waals surface area (Å²) in [7, 11) is 0. The van der Waals surface area contributed by atoms with Crippen molar-refractivity contribution in [1.82, 2.24) is 5.32 Å². The minimum atomic E-state index is -4.32. The van der Waals surface area contributed by atoms with Gasteiger partial charge in [0.15, 0.2) is 0 Å². The summed E-state index contributed by atoms with van der Waals surface area (Å²) in [5.74, 6) is 0.751. The van der Waals surface area contributed by atoms with E-state index >= 15 is 0 Å². The van der Waals surface area contributed by atoms with Crippen molar-refractivity contribution in [1.29, 1.82) is 0 Å². The quantitative estimate of drug-likeness (QED) is 0.369. The molecule has 0 unspecified atom stereocenters. The summed E-state index contributed by atoms with van der Waals surface area (Å²) in [6.07, 6.45) is -0.261. The predicted molar refractivity (Wildman–Crippen MR) is 110 cm³/mol. The van der Waals surface area contributed by atoms with Gasteiger partial charge in [-0.15, -0.1) is 0 Å². The molecule has 0 aliphatic carbocycles. The van der Waals surface area contributed by atoms with Gasteiger partial charge in [-0.1, -0.05) is 72.8 Å². The maximum atomic E-state index is 12.7. The minimum absolute atomic E-state index is 0.354. The number of benzene rings is 3. The molecule has 0 aliphatic rings. The highest BCUT2D eigenvalue weighted by atomic mass is 19.4.